The zero-order chi connectivity index (χ0) is 11.5. The third-order valence-electron chi connectivity index (χ3n) is 2.57. The molecule has 1 aromatic carbocycles. The molecule has 1 aromatic heterocycles. The highest BCUT2D eigenvalue weighted by Gasteiger charge is 2.14. The van der Waals surface area contributed by atoms with Crippen molar-refractivity contribution < 1.29 is 4.42 Å². The van der Waals surface area contributed by atoms with E-state index < -0.39 is 0 Å². The van der Waals surface area contributed by atoms with Gasteiger partial charge >= 0.3 is 0 Å². The van der Waals surface area contributed by atoms with Crippen LogP contribution in [0.3, 0.4) is 0 Å². The molecule has 0 radical (unpaired) electrons. The minimum absolute atomic E-state index is 0.717. The highest BCUT2D eigenvalue weighted by Crippen LogP contribution is 2.27. The second-order valence-electron chi connectivity index (χ2n) is 3.73. The molecular formula is C13H16N2O. The standard InChI is InChI=1S/C13H16N2O/c1-4-12-13(16-10(2)14-12)15(3)11-8-6-5-7-9-11/h5-9H,4H2,1-3H3. The second-order valence-corrected chi connectivity index (χ2v) is 3.73. The number of rotatable bonds is 3. The SMILES string of the molecule is CCc1nc(C)oc1N(C)c1ccccc1. The van der Waals surface area contributed by atoms with Crippen LogP contribution in [-0.4, -0.2) is 12.0 Å². The Labute approximate surface area is 95.7 Å². The van der Waals surface area contributed by atoms with Crippen LogP contribution in [0.15, 0.2) is 34.7 Å². The summed E-state index contributed by atoms with van der Waals surface area (Å²) in [5, 5.41) is 0. The van der Waals surface area contributed by atoms with Gasteiger partial charge in [-0.15, -0.1) is 0 Å². The van der Waals surface area contributed by atoms with Gasteiger partial charge in [-0.2, -0.15) is 0 Å². The van der Waals surface area contributed by atoms with Crippen LogP contribution < -0.4 is 4.90 Å². The van der Waals surface area contributed by atoms with Gasteiger partial charge in [-0.1, -0.05) is 25.1 Å². The molecule has 0 aliphatic rings. The summed E-state index contributed by atoms with van der Waals surface area (Å²) in [5.41, 5.74) is 2.11. The van der Waals surface area contributed by atoms with Gasteiger partial charge in [0, 0.05) is 19.7 Å². The van der Waals surface area contributed by atoms with Crippen molar-refractivity contribution in [3.8, 4) is 0 Å². The Balaban J connectivity index is 2.37. The predicted molar refractivity (Wildman–Crippen MR) is 65.1 cm³/mol. The Morgan fingerprint density at radius 1 is 1.25 bits per heavy atom. The fraction of sp³-hybridized carbons (Fsp3) is 0.308. The number of para-hydroxylation sites is 1. The molecule has 0 fully saturated rings. The van der Waals surface area contributed by atoms with Crippen molar-refractivity contribution in [3.63, 3.8) is 0 Å². The molecular weight excluding hydrogens is 200 g/mol. The number of nitrogens with zero attached hydrogens (tertiary/aromatic N) is 2. The fourth-order valence-electron chi connectivity index (χ4n) is 1.72. The van der Waals surface area contributed by atoms with Gasteiger partial charge in [-0.3, -0.25) is 0 Å². The zero-order valence-electron chi connectivity index (χ0n) is 9.90. The summed E-state index contributed by atoms with van der Waals surface area (Å²) < 4.78 is 5.64. The van der Waals surface area contributed by atoms with Crippen molar-refractivity contribution in [1.82, 2.24) is 4.98 Å². The Bertz CT molecular complexity index is 462. The molecule has 0 aliphatic carbocycles. The van der Waals surface area contributed by atoms with E-state index in [9.17, 15) is 0 Å². The van der Waals surface area contributed by atoms with Gasteiger partial charge in [0.05, 0.1) is 0 Å². The van der Waals surface area contributed by atoms with E-state index in [1.54, 1.807) is 0 Å². The molecule has 2 aromatic rings. The first-order valence-corrected chi connectivity index (χ1v) is 5.47. The summed E-state index contributed by atoms with van der Waals surface area (Å²) in [6.45, 7) is 3.96. The van der Waals surface area contributed by atoms with Gasteiger partial charge in [-0.25, -0.2) is 4.98 Å². The Morgan fingerprint density at radius 2 is 1.94 bits per heavy atom. The Kier molecular flexibility index (Phi) is 2.95. The number of hydrogen-bond donors (Lipinski definition) is 0. The number of hydrogen-bond acceptors (Lipinski definition) is 3. The van der Waals surface area contributed by atoms with Crippen LogP contribution in [-0.2, 0) is 6.42 Å². The topological polar surface area (TPSA) is 29.3 Å². The molecule has 0 aliphatic heterocycles. The summed E-state index contributed by atoms with van der Waals surface area (Å²) in [5.74, 6) is 1.56. The van der Waals surface area contributed by atoms with Gasteiger partial charge in [0.25, 0.3) is 0 Å². The van der Waals surface area contributed by atoms with Crippen molar-refractivity contribution in [2.75, 3.05) is 11.9 Å². The van der Waals surface area contributed by atoms with Crippen LogP contribution in [0, 0.1) is 6.92 Å². The van der Waals surface area contributed by atoms with Crippen molar-refractivity contribution in [2.45, 2.75) is 20.3 Å². The van der Waals surface area contributed by atoms with E-state index >= 15 is 0 Å². The summed E-state index contributed by atoms with van der Waals surface area (Å²) >= 11 is 0. The van der Waals surface area contributed by atoms with E-state index in [1.807, 2.05) is 37.1 Å². The minimum atomic E-state index is 0.717. The van der Waals surface area contributed by atoms with E-state index in [0.717, 1.165) is 29.6 Å². The van der Waals surface area contributed by atoms with E-state index in [1.165, 1.54) is 0 Å². The van der Waals surface area contributed by atoms with Crippen molar-refractivity contribution in [1.29, 1.82) is 0 Å². The van der Waals surface area contributed by atoms with E-state index in [0.29, 0.717) is 0 Å². The molecule has 16 heavy (non-hydrogen) atoms. The molecule has 0 saturated carbocycles. The molecule has 0 atom stereocenters. The second kappa shape index (κ2) is 4.39. The number of aryl methyl sites for hydroxylation is 2. The highest BCUT2D eigenvalue weighted by molar-refractivity contribution is 5.59. The van der Waals surface area contributed by atoms with Gasteiger partial charge in [0.1, 0.15) is 5.69 Å². The molecule has 0 N–H and O–H groups in total. The molecule has 1 heterocycles. The normalized spacial score (nSPS) is 10.4. The molecule has 0 spiro atoms. The van der Waals surface area contributed by atoms with Crippen LogP contribution in [0.5, 0.6) is 0 Å². The molecule has 0 bridgehead atoms. The summed E-state index contributed by atoms with van der Waals surface area (Å²) in [6.07, 6.45) is 0.879. The summed E-state index contributed by atoms with van der Waals surface area (Å²) in [6, 6.07) is 10.1. The molecule has 0 amide bonds. The molecule has 0 unspecified atom stereocenters. The lowest BCUT2D eigenvalue weighted by molar-refractivity contribution is 0.524. The predicted octanol–water partition coefficient (Wildman–Crippen LogP) is 3.31. The van der Waals surface area contributed by atoms with Crippen molar-refractivity contribution >= 4 is 11.6 Å². The lowest BCUT2D eigenvalue weighted by Crippen LogP contribution is -2.10. The average Bonchev–Trinajstić information content (AvgIpc) is 2.70. The Morgan fingerprint density at radius 3 is 2.56 bits per heavy atom. The van der Waals surface area contributed by atoms with Gasteiger partial charge in [0.2, 0.25) is 5.88 Å². The van der Waals surface area contributed by atoms with Gasteiger partial charge < -0.3 is 9.32 Å². The summed E-state index contributed by atoms with van der Waals surface area (Å²) in [4.78, 5) is 6.39. The monoisotopic (exact) mass is 216 g/mol. The van der Waals surface area contributed by atoms with E-state index in [4.69, 9.17) is 4.42 Å². The number of aromatic nitrogens is 1. The lowest BCUT2D eigenvalue weighted by Gasteiger charge is -2.16. The quantitative estimate of drug-likeness (QED) is 0.788. The van der Waals surface area contributed by atoms with Crippen LogP contribution >= 0.6 is 0 Å². The first kappa shape index (κ1) is 10.7. The van der Waals surface area contributed by atoms with E-state index in [-0.39, 0.29) is 0 Å². The summed E-state index contributed by atoms with van der Waals surface area (Å²) in [7, 11) is 1.99. The Hall–Kier alpha value is -1.77. The van der Waals surface area contributed by atoms with Crippen LogP contribution in [0.4, 0.5) is 11.6 Å². The maximum Gasteiger partial charge on any atom is 0.223 e. The number of benzene rings is 1. The smallest absolute Gasteiger partial charge is 0.223 e. The highest BCUT2D eigenvalue weighted by atomic mass is 16.4. The largest absolute Gasteiger partial charge is 0.425 e. The molecule has 84 valence electrons. The first-order valence-electron chi connectivity index (χ1n) is 5.47. The molecule has 3 heteroatoms. The van der Waals surface area contributed by atoms with Crippen LogP contribution in [0.25, 0.3) is 0 Å². The third kappa shape index (κ3) is 1.94. The van der Waals surface area contributed by atoms with Crippen LogP contribution in [0.1, 0.15) is 18.5 Å². The third-order valence-corrected chi connectivity index (χ3v) is 2.57. The minimum Gasteiger partial charge on any atom is -0.425 e. The fourth-order valence-corrected chi connectivity index (χ4v) is 1.72. The van der Waals surface area contributed by atoms with Gasteiger partial charge in [0.15, 0.2) is 5.89 Å². The molecule has 3 nitrogen and oxygen atoms in total. The van der Waals surface area contributed by atoms with Gasteiger partial charge in [-0.05, 0) is 18.6 Å². The van der Waals surface area contributed by atoms with Crippen molar-refractivity contribution in [3.05, 3.63) is 41.9 Å². The van der Waals surface area contributed by atoms with E-state index in [2.05, 4.69) is 24.0 Å². The first-order chi connectivity index (χ1) is 7.72. The van der Waals surface area contributed by atoms with Crippen LogP contribution in [0.2, 0.25) is 0 Å². The lowest BCUT2D eigenvalue weighted by atomic mass is 10.3. The maximum absolute atomic E-state index is 5.64. The zero-order valence-corrected chi connectivity index (χ0v) is 9.90. The van der Waals surface area contributed by atoms with Crippen molar-refractivity contribution in [2.24, 2.45) is 0 Å². The molecule has 0 saturated heterocycles. The molecule has 2 rings (SSSR count). The maximum atomic E-state index is 5.64. The average molecular weight is 216 g/mol. The number of anilines is 2. The number of oxazole rings is 1.